The van der Waals surface area contributed by atoms with Crippen LogP contribution < -0.4 is 15.4 Å². The molecule has 7 heteroatoms. The molecule has 0 spiro atoms. The van der Waals surface area contributed by atoms with Crippen molar-refractivity contribution in [3.8, 4) is 11.5 Å². The Morgan fingerprint density at radius 2 is 2.17 bits per heavy atom. The molecule has 0 aliphatic carbocycles. The summed E-state index contributed by atoms with van der Waals surface area (Å²) >= 11 is 10.8. The molecule has 0 saturated carbocycles. The van der Waals surface area contributed by atoms with Gasteiger partial charge < -0.3 is 15.2 Å². The minimum absolute atomic E-state index is 0.0657. The molecule has 94 valence electrons. The van der Waals surface area contributed by atoms with Crippen LogP contribution in [0.1, 0.15) is 5.56 Å². The highest BCUT2D eigenvalue weighted by molar-refractivity contribution is 7.80. The monoisotopic (exact) mass is 284 g/mol. The van der Waals surface area contributed by atoms with Crippen molar-refractivity contribution in [3.05, 3.63) is 28.4 Å². The van der Waals surface area contributed by atoms with Crippen molar-refractivity contribution in [2.75, 3.05) is 7.11 Å². The van der Waals surface area contributed by atoms with Gasteiger partial charge in [0.1, 0.15) is 5.70 Å². The molecular formula is C11H9ClN2O3S. The topological polar surface area (TPSA) is 70.6 Å². The lowest BCUT2D eigenvalue weighted by Gasteiger charge is -2.06. The number of benzene rings is 1. The summed E-state index contributed by atoms with van der Waals surface area (Å²) in [6.07, 6.45) is 1.53. The van der Waals surface area contributed by atoms with Gasteiger partial charge in [-0.2, -0.15) is 0 Å². The first-order chi connectivity index (χ1) is 8.51. The second-order valence-corrected chi connectivity index (χ2v) is 4.33. The van der Waals surface area contributed by atoms with Crippen LogP contribution >= 0.6 is 23.8 Å². The van der Waals surface area contributed by atoms with Gasteiger partial charge >= 0.3 is 0 Å². The van der Waals surface area contributed by atoms with Gasteiger partial charge in [0.25, 0.3) is 5.91 Å². The van der Waals surface area contributed by atoms with E-state index in [2.05, 4.69) is 10.6 Å². The fourth-order valence-electron chi connectivity index (χ4n) is 1.47. The minimum atomic E-state index is -0.330. The molecule has 1 aromatic carbocycles. The van der Waals surface area contributed by atoms with E-state index in [0.717, 1.165) is 0 Å². The number of carbonyl (C=O) groups is 1. The Morgan fingerprint density at radius 1 is 1.44 bits per heavy atom. The van der Waals surface area contributed by atoms with Crippen LogP contribution in [-0.4, -0.2) is 23.2 Å². The van der Waals surface area contributed by atoms with Gasteiger partial charge in [-0.3, -0.25) is 10.1 Å². The molecule has 0 bridgehead atoms. The van der Waals surface area contributed by atoms with Crippen LogP contribution in [0.5, 0.6) is 11.5 Å². The van der Waals surface area contributed by atoms with Gasteiger partial charge in [-0.05, 0) is 29.9 Å². The molecule has 1 aliphatic heterocycles. The third-order valence-electron chi connectivity index (χ3n) is 2.32. The highest BCUT2D eigenvalue weighted by Gasteiger charge is 2.20. The van der Waals surface area contributed by atoms with E-state index in [0.29, 0.717) is 10.6 Å². The molecule has 1 amide bonds. The van der Waals surface area contributed by atoms with E-state index in [4.69, 9.17) is 28.6 Å². The number of carbonyl (C=O) groups excluding carboxylic acids is 1. The number of phenolic OH excluding ortho intramolecular Hbond substituents is 1. The maximum absolute atomic E-state index is 11.5. The van der Waals surface area contributed by atoms with E-state index in [1.54, 1.807) is 0 Å². The fraction of sp³-hybridized carbons (Fsp3) is 0.0909. The summed E-state index contributed by atoms with van der Waals surface area (Å²) in [6.45, 7) is 0. The Hall–Kier alpha value is -1.79. The number of methoxy groups -OCH3 is 1. The number of aromatic hydroxyl groups is 1. The quantitative estimate of drug-likeness (QED) is 0.566. The SMILES string of the molecule is COc1cc(/C=C2/NC(=S)NC2=O)c(Cl)cc1O. The maximum atomic E-state index is 11.5. The maximum Gasteiger partial charge on any atom is 0.273 e. The van der Waals surface area contributed by atoms with E-state index in [1.807, 2.05) is 0 Å². The number of rotatable bonds is 2. The summed E-state index contributed by atoms with van der Waals surface area (Å²) in [6, 6.07) is 2.87. The molecule has 0 unspecified atom stereocenters. The third kappa shape index (κ3) is 2.39. The molecule has 3 N–H and O–H groups in total. The highest BCUT2D eigenvalue weighted by Crippen LogP contribution is 2.33. The summed E-state index contributed by atoms with van der Waals surface area (Å²) < 4.78 is 4.97. The molecule has 2 rings (SSSR count). The smallest absolute Gasteiger partial charge is 0.273 e. The lowest BCUT2D eigenvalue weighted by Crippen LogP contribution is -2.21. The van der Waals surface area contributed by atoms with Crippen LogP contribution in [0.15, 0.2) is 17.8 Å². The average Bonchev–Trinajstić information content (AvgIpc) is 2.61. The zero-order chi connectivity index (χ0) is 13.3. The summed E-state index contributed by atoms with van der Waals surface area (Å²) in [5.74, 6) is -0.126. The lowest BCUT2D eigenvalue weighted by atomic mass is 10.1. The van der Waals surface area contributed by atoms with Crippen molar-refractivity contribution >= 4 is 40.9 Å². The van der Waals surface area contributed by atoms with Crippen molar-refractivity contribution in [3.63, 3.8) is 0 Å². The van der Waals surface area contributed by atoms with Crippen molar-refractivity contribution < 1.29 is 14.6 Å². The van der Waals surface area contributed by atoms with E-state index in [1.165, 1.54) is 25.3 Å². The number of hydrogen-bond acceptors (Lipinski definition) is 4. The van der Waals surface area contributed by atoms with Gasteiger partial charge in [-0.1, -0.05) is 11.6 Å². The summed E-state index contributed by atoms with van der Waals surface area (Å²) in [5.41, 5.74) is 0.823. The predicted molar refractivity (Wildman–Crippen MR) is 71.5 cm³/mol. The summed E-state index contributed by atoms with van der Waals surface area (Å²) in [5, 5.41) is 15.2. The zero-order valence-corrected chi connectivity index (χ0v) is 10.9. The first kappa shape index (κ1) is 12.7. The van der Waals surface area contributed by atoms with Gasteiger partial charge in [0.15, 0.2) is 16.6 Å². The van der Waals surface area contributed by atoms with Gasteiger partial charge in [0, 0.05) is 6.07 Å². The number of amides is 1. The molecule has 0 atom stereocenters. The fourth-order valence-corrected chi connectivity index (χ4v) is 1.89. The van der Waals surface area contributed by atoms with Gasteiger partial charge in [0.05, 0.1) is 12.1 Å². The van der Waals surface area contributed by atoms with Crippen LogP contribution in [0.4, 0.5) is 0 Å². The Morgan fingerprint density at radius 3 is 2.72 bits per heavy atom. The van der Waals surface area contributed by atoms with Gasteiger partial charge in [-0.25, -0.2) is 0 Å². The number of hydrogen-bond donors (Lipinski definition) is 3. The normalized spacial score (nSPS) is 16.7. The molecule has 0 aromatic heterocycles. The molecule has 0 radical (unpaired) electrons. The summed E-state index contributed by atoms with van der Waals surface area (Å²) in [7, 11) is 1.43. The number of phenols is 1. The average molecular weight is 285 g/mol. The molecule has 1 aromatic rings. The molecule has 1 fully saturated rings. The Labute approximate surface area is 113 Å². The summed E-state index contributed by atoms with van der Waals surface area (Å²) in [4.78, 5) is 11.5. The van der Waals surface area contributed by atoms with E-state index in [9.17, 15) is 9.90 Å². The Balaban J connectivity index is 2.43. The van der Waals surface area contributed by atoms with E-state index < -0.39 is 0 Å². The molecule has 5 nitrogen and oxygen atoms in total. The van der Waals surface area contributed by atoms with Gasteiger partial charge in [0.2, 0.25) is 0 Å². The molecule has 1 heterocycles. The number of ether oxygens (including phenoxy) is 1. The molecular weight excluding hydrogens is 276 g/mol. The Kier molecular flexibility index (Phi) is 3.40. The van der Waals surface area contributed by atoms with Gasteiger partial charge in [-0.15, -0.1) is 0 Å². The van der Waals surface area contributed by atoms with Crippen molar-refractivity contribution in [1.82, 2.24) is 10.6 Å². The van der Waals surface area contributed by atoms with Crippen LogP contribution in [0, 0.1) is 0 Å². The van der Waals surface area contributed by atoms with Crippen LogP contribution in [0.2, 0.25) is 5.02 Å². The second-order valence-electron chi connectivity index (χ2n) is 3.51. The number of nitrogens with one attached hydrogen (secondary N) is 2. The van der Waals surface area contributed by atoms with Crippen LogP contribution in [0.3, 0.4) is 0 Å². The highest BCUT2D eigenvalue weighted by atomic mass is 35.5. The minimum Gasteiger partial charge on any atom is -0.504 e. The first-order valence-electron chi connectivity index (χ1n) is 4.92. The number of thiocarbonyl (C=S) groups is 1. The molecule has 1 saturated heterocycles. The zero-order valence-electron chi connectivity index (χ0n) is 9.28. The third-order valence-corrected chi connectivity index (χ3v) is 2.85. The standard InChI is InChI=1S/C11H9ClN2O3S/c1-17-9-3-5(6(12)4-8(9)15)2-7-10(16)14-11(18)13-7/h2-4,15H,1H3,(H2,13,14,16,18)/b7-2+. The van der Waals surface area contributed by atoms with E-state index in [-0.39, 0.29) is 28.2 Å². The van der Waals surface area contributed by atoms with Crippen molar-refractivity contribution in [1.29, 1.82) is 0 Å². The van der Waals surface area contributed by atoms with E-state index >= 15 is 0 Å². The molecule has 18 heavy (non-hydrogen) atoms. The lowest BCUT2D eigenvalue weighted by molar-refractivity contribution is -0.115. The first-order valence-corrected chi connectivity index (χ1v) is 5.70. The van der Waals surface area contributed by atoms with Crippen molar-refractivity contribution in [2.45, 2.75) is 0 Å². The predicted octanol–water partition coefficient (Wildman–Crippen LogP) is 1.40. The van der Waals surface area contributed by atoms with Crippen LogP contribution in [-0.2, 0) is 4.79 Å². The number of halogens is 1. The second kappa shape index (κ2) is 4.83. The van der Waals surface area contributed by atoms with Crippen LogP contribution in [0.25, 0.3) is 6.08 Å². The van der Waals surface area contributed by atoms with Crippen molar-refractivity contribution in [2.24, 2.45) is 0 Å². The Bertz CT molecular complexity index is 572. The largest absolute Gasteiger partial charge is 0.504 e. The molecule has 1 aliphatic rings.